The molecule has 1 spiro atoms. The number of nitrogens with zero attached hydrogens (tertiary/aromatic N) is 4. The average Bonchev–Trinajstić information content (AvgIpc) is 3.18. The van der Waals surface area contributed by atoms with Crippen molar-refractivity contribution in [2.75, 3.05) is 37.7 Å². The van der Waals surface area contributed by atoms with Crippen LogP contribution >= 0.6 is 11.6 Å². The first-order valence-electron chi connectivity index (χ1n) is 12.8. The highest BCUT2D eigenvalue weighted by Crippen LogP contribution is 2.40. The topological polar surface area (TPSA) is 133 Å². The highest BCUT2D eigenvalue weighted by Gasteiger charge is 2.55. The van der Waals surface area contributed by atoms with Gasteiger partial charge in [0, 0.05) is 31.4 Å². The first kappa shape index (κ1) is 28.8. The molecule has 2 saturated heterocycles. The molecule has 2 fully saturated rings. The summed E-state index contributed by atoms with van der Waals surface area (Å²) in [7, 11) is -4.07. The number of nitrogens with one attached hydrogen (secondary N) is 1. The number of rotatable bonds is 9. The van der Waals surface area contributed by atoms with Gasteiger partial charge in [-0.15, -0.1) is 0 Å². The molecule has 0 aromatic heterocycles. The Balaban J connectivity index is 1.56. The third-order valence-corrected chi connectivity index (χ3v) is 9.78. The van der Waals surface area contributed by atoms with Crippen molar-refractivity contribution in [2.45, 2.75) is 43.5 Å². The van der Waals surface area contributed by atoms with Crippen molar-refractivity contribution in [1.82, 2.24) is 14.5 Å². The number of nitro groups is 1. The van der Waals surface area contributed by atoms with Gasteiger partial charge in [-0.25, -0.2) is 8.42 Å². The van der Waals surface area contributed by atoms with Gasteiger partial charge in [0.2, 0.25) is 21.8 Å². The number of sulfonamides is 1. The second-order valence-corrected chi connectivity index (χ2v) is 12.4. The van der Waals surface area contributed by atoms with Crippen LogP contribution in [0.3, 0.4) is 0 Å². The number of benzene rings is 2. The number of nitro benzene ring substituents is 1. The molecule has 210 valence electrons. The summed E-state index contributed by atoms with van der Waals surface area (Å²) in [5.74, 6) is -0.133. The molecule has 2 aliphatic rings. The Morgan fingerprint density at radius 3 is 2.46 bits per heavy atom. The van der Waals surface area contributed by atoms with Crippen molar-refractivity contribution in [3.8, 4) is 0 Å². The number of hydrogen-bond acceptors (Lipinski definition) is 7. The van der Waals surface area contributed by atoms with Crippen molar-refractivity contribution in [1.29, 1.82) is 0 Å². The maximum Gasteiger partial charge on any atom is 0.289 e. The highest BCUT2D eigenvalue weighted by atomic mass is 35.5. The quantitative estimate of drug-likeness (QED) is 0.357. The molecule has 13 heteroatoms. The predicted octanol–water partition coefficient (Wildman–Crippen LogP) is 3.24. The second kappa shape index (κ2) is 11.5. The summed E-state index contributed by atoms with van der Waals surface area (Å²) in [5.41, 5.74) is -0.705. The lowest BCUT2D eigenvalue weighted by Crippen LogP contribution is -2.57. The summed E-state index contributed by atoms with van der Waals surface area (Å²) in [6.45, 7) is 4.79. The van der Waals surface area contributed by atoms with Gasteiger partial charge in [-0.3, -0.25) is 19.7 Å². The Morgan fingerprint density at radius 2 is 1.85 bits per heavy atom. The maximum atomic E-state index is 13.8. The van der Waals surface area contributed by atoms with Gasteiger partial charge in [-0.05, 0) is 43.0 Å². The summed E-state index contributed by atoms with van der Waals surface area (Å²) in [6, 6.07) is 12.8. The van der Waals surface area contributed by atoms with Crippen molar-refractivity contribution < 1.29 is 22.9 Å². The van der Waals surface area contributed by atoms with E-state index in [-0.39, 0.29) is 60.9 Å². The van der Waals surface area contributed by atoms with E-state index in [1.54, 1.807) is 0 Å². The SMILES string of the molecule is CCC(C)CNC(=O)CN1CN(c2ccccc2)C2(CCN(S(=O)(=O)c3ccc(Cl)c([N+](=O)[O-])c3)CC2)C1=O. The molecule has 2 aromatic rings. The normalized spacial score (nSPS) is 18.4. The lowest BCUT2D eigenvalue weighted by Gasteiger charge is -2.42. The van der Waals surface area contributed by atoms with Crippen LogP contribution in [0, 0.1) is 16.0 Å². The first-order valence-corrected chi connectivity index (χ1v) is 14.6. The van der Waals surface area contributed by atoms with Crippen molar-refractivity contribution in [2.24, 2.45) is 5.92 Å². The molecule has 0 saturated carbocycles. The van der Waals surface area contributed by atoms with Crippen LogP contribution in [0.2, 0.25) is 5.02 Å². The average molecular weight is 578 g/mol. The largest absolute Gasteiger partial charge is 0.354 e. The van der Waals surface area contributed by atoms with Crippen LogP contribution in [0.4, 0.5) is 11.4 Å². The molecule has 0 aliphatic carbocycles. The van der Waals surface area contributed by atoms with Crippen LogP contribution in [0.5, 0.6) is 0 Å². The molecule has 39 heavy (non-hydrogen) atoms. The lowest BCUT2D eigenvalue weighted by molar-refractivity contribution is -0.384. The Kier molecular flexibility index (Phi) is 8.48. The fraction of sp³-hybridized carbons (Fsp3) is 0.462. The van der Waals surface area contributed by atoms with E-state index in [0.717, 1.165) is 18.2 Å². The third kappa shape index (κ3) is 5.73. The Hall–Kier alpha value is -3.22. The van der Waals surface area contributed by atoms with Crippen LogP contribution in [-0.2, 0) is 19.6 Å². The van der Waals surface area contributed by atoms with Crippen molar-refractivity contribution in [3.05, 3.63) is 63.7 Å². The van der Waals surface area contributed by atoms with E-state index in [2.05, 4.69) is 5.32 Å². The fourth-order valence-corrected chi connectivity index (χ4v) is 6.67. The zero-order valence-electron chi connectivity index (χ0n) is 21.9. The van der Waals surface area contributed by atoms with Crippen LogP contribution in [0.15, 0.2) is 53.4 Å². The monoisotopic (exact) mass is 577 g/mol. The minimum Gasteiger partial charge on any atom is -0.354 e. The van der Waals surface area contributed by atoms with Gasteiger partial charge in [-0.1, -0.05) is 50.1 Å². The summed E-state index contributed by atoms with van der Waals surface area (Å²) in [6.07, 6.45) is 1.32. The van der Waals surface area contributed by atoms with E-state index in [1.807, 2.05) is 49.1 Å². The number of anilines is 1. The second-order valence-electron chi connectivity index (χ2n) is 10.0. The van der Waals surface area contributed by atoms with Gasteiger partial charge in [0.05, 0.1) is 16.5 Å². The molecule has 2 amide bonds. The number of carbonyl (C=O) groups excluding carboxylic acids is 2. The number of halogens is 1. The fourth-order valence-electron chi connectivity index (χ4n) is 5.02. The van der Waals surface area contributed by atoms with Gasteiger partial charge in [0.15, 0.2) is 0 Å². The zero-order chi connectivity index (χ0) is 28.4. The Bertz CT molecular complexity index is 1350. The molecular formula is C26H32ClN5O6S. The summed E-state index contributed by atoms with van der Waals surface area (Å²) in [4.78, 5) is 40.3. The molecule has 1 atom stereocenters. The molecule has 2 aromatic carbocycles. The van der Waals surface area contributed by atoms with E-state index in [0.29, 0.717) is 12.5 Å². The minimum absolute atomic E-state index is 0.0296. The lowest BCUT2D eigenvalue weighted by atomic mass is 9.86. The van der Waals surface area contributed by atoms with E-state index in [4.69, 9.17) is 11.6 Å². The molecule has 0 bridgehead atoms. The zero-order valence-corrected chi connectivity index (χ0v) is 23.4. The molecule has 11 nitrogen and oxygen atoms in total. The van der Waals surface area contributed by atoms with E-state index < -0.39 is 26.2 Å². The number of hydrogen-bond donors (Lipinski definition) is 1. The molecule has 2 heterocycles. The number of amides is 2. The van der Waals surface area contributed by atoms with Crippen LogP contribution < -0.4 is 10.2 Å². The molecular weight excluding hydrogens is 546 g/mol. The maximum absolute atomic E-state index is 13.8. The smallest absolute Gasteiger partial charge is 0.289 e. The third-order valence-electron chi connectivity index (χ3n) is 7.56. The van der Waals surface area contributed by atoms with Crippen LogP contribution in [0.25, 0.3) is 0 Å². The van der Waals surface area contributed by atoms with Crippen molar-refractivity contribution in [3.63, 3.8) is 0 Å². The molecule has 1 unspecified atom stereocenters. The van der Waals surface area contributed by atoms with Crippen LogP contribution in [0.1, 0.15) is 33.1 Å². The van der Waals surface area contributed by atoms with Crippen molar-refractivity contribution >= 4 is 44.8 Å². The standard InChI is InChI=1S/C26H32ClN5O6S/c1-3-19(2)16-28-24(33)17-29-18-31(20-7-5-4-6-8-20)26(25(29)34)11-13-30(14-12-26)39(37,38)21-9-10-22(27)23(15-21)32(35)36/h4-10,15,19H,3,11-14,16-18H2,1-2H3,(H,28,33). The van der Waals surface area contributed by atoms with Gasteiger partial charge >= 0.3 is 0 Å². The van der Waals surface area contributed by atoms with Gasteiger partial charge < -0.3 is 15.1 Å². The summed E-state index contributed by atoms with van der Waals surface area (Å²) >= 11 is 5.87. The molecule has 2 aliphatic heterocycles. The first-order chi connectivity index (χ1) is 18.5. The van der Waals surface area contributed by atoms with E-state index in [9.17, 15) is 28.1 Å². The van der Waals surface area contributed by atoms with Gasteiger partial charge in [0.25, 0.3) is 5.69 Å². The molecule has 1 N–H and O–H groups in total. The van der Waals surface area contributed by atoms with Crippen LogP contribution in [-0.4, -0.2) is 72.7 Å². The van der Waals surface area contributed by atoms with E-state index in [1.165, 1.54) is 21.3 Å². The summed E-state index contributed by atoms with van der Waals surface area (Å²) in [5, 5.41) is 14.0. The summed E-state index contributed by atoms with van der Waals surface area (Å²) < 4.78 is 28.0. The molecule has 0 radical (unpaired) electrons. The van der Waals surface area contributed by atoms with Gasteiger partial charge in [-0.2, -0.15) is 4.31 Å². The number of piperidine rings is 1. The van der Waals surface area contributed by atoms with Gasteiger partial charge in [0.1, 0.15) is 17.1 Å². The van der Waals surface area contributed by atoms with E-state index >= 15 is 0 Å². The number of carbonyl (C=O) groups is 2. The Labute approximate surface area is 232 Å². The molecule has 4 rings (SSSR count). The minimum atomic E-state index is -4.07. The Morgan fingerprint density at radius 1 is 1.18 bits per heavy atom. The highest BCUT2D eigenvalue weighted by molar-refractivity contribution is 7.89. The predicted molar refractivity (Wildman–Crippen MR) is 147 cm³/mol. The number of para-hydroxylation sites is 1.